The molecular formula is C15H12FN3. The van der Waals surface area contributed by atoms with Crippen LogP contribution in [0.25, 0.3) is 17.3 Å². The van der Waals surface area contributed by atoms with Crippen molar-refractivity contribution in [2.75, 3.05) is 0 Å². The number of halogens is 1. The van der Waals surface area contributed by atoms with Gasteiger partial charge in [-0.25, -0.2) is 14.4 Å². The number of hydrogen-bond donors (Lipinski definition) is 0. The van der Waals surface area contributed by atoms with E-state index in [-0.39, 0.29) is 0 Å². The molecule has 2 aromatic rings. The van der Waals surface area contributed by atoms with Crippen LogP contribution in [0.5, 0.6) is 0 Å². The van der Waals surface area contributed by atoms with Crippen molar-refractivity contribution in [3.63, 3.8) is 0 Å². The summed E-state index contributed by atoms with van der Waals surface area (Å²) >= 11 is 0. The van der Waals surface area contributed by atoms with Gasteiger partial charge in [0, 0.05) is 16.8 Å². The average molecular weight is 253 g/mol. The molecule has 0 saturated carbocycles. The zero-order chi connectivity index (χ0) is 14.0. The van der Waals surface area contributed by atoms with E-state index in [9.17, 15) is 4.39 Å². The van der Waals surface area contributed by atoms with E-state index < -0.39 is 5.82 Å². The van der Waals surface area contributed by atoms with E-state index in [1.807, 2.05) is 13.0 Å². The van der Waals surface area contributed by atoms with Gasteiger partial charge in [-0.3, -0.25) is 0 Å². The second-order valence-corrected chi connectivity index (χ2v) is 4.18. The predicted molar refractivity (Wildman–Crippen MR) is 71.7 cm³/mol. The molecule has 1 heterocycles. The van der Waals surface area contributed by atoms with Crippen molar-refractivity contribution in [1.29, 1.82) is 5.26 Å². The van der Waals surface area contributed by atoms with Crippen LogP contribution in [-0.4, -0.2) is 9.97 Å². The van der Waals surface area contributed by atoms with Crippen molar-refractivity contribution in [2.24, 2.45) is 0 Å². The first-order valence-corrected chi connectivity index (χ1v) is 5.73. The molecule has 1 aromatic carbocycles. The van der Waals surface area contributed by atoms with Gasteiger partial charge >= 0.3 is 0 Å². The van der Waals surface area contributed by atoms with Crippen LogP contribution in [0.15, 0.2) is 25.0 Å². The second-order valence-electron chi connectivity index (χ2n) is 4.18. The Morgan fingerprint density at radius 2 is 2.05 bits per heavy atom. The molecule has 0 radical (unpaired) electrons. The van der Waals surface area contributed by atoms with Gasteiger partial charge < -0.3 is 0 Å². The number of aromatic nitrogens is 2. The van der Waals surface area contributed by atoms with Crippen molar-refractivity contribution in [3.8, 4) is 17.3 Å². The first-order valence-electron chi connectivity index (χ1n) is 5.73. The summed E-state index contributed by atoms with van der Waals surface area (Å²) in [6, 6.07) is 4.82. The van der Waals surface area contributed by atoms with Gasteiger partial charge in [-0.2, -0.15) is 5.26 Å². The SMILES string of the molecule is C=Cc1c(C)ncnc1-c1cc(C)c(C#N)cc1F. The van der Waals surface area contributed by atoms with Gasteiger partial charge in [0.05, 0.1) is 17.3 Å². The van der Waals surface area contributed by atoms with Gasteiger partial charge in [0.15, 0.2) is 0 Å². The van der Waals surface area contributed by atoms with E-state index in [0.29, 0.717) is 27.9 Å². The summed E-state index contributed by atoms with van der Waals surface area (Å²) in [6.45, 7) is 7.29. The highest BCUT2D eigenvalue weighted by Crippen LogP contribution is 2.28. The minimum absolute atomic E-state index is 0.326. The average Bonchev–Trinajstić information content (AvgIpc) is 2.40. The third kappa shape index (κ3) is 2.23. The van der Waals surface area contributed by atoms with Gasteiger partial charge in [-0.05, 0) is 31.5 Å². The maximum absolute atomic E-state index is 14.1. The maximum Gasteiger partial charge on any atom is 0.133 e. The monoisotopic (exact) mass is 253 g/mol. The van der Waals surface area contributed by atoms with E-state index in [0.717, 1.165) is 5.69 Å². The zero-order valence-corrected chi connectivity index (χ0v) is 10.7. The number of benzene rings is 1. The number of rotatable bonds is 2. The summed E-state index contributed by atoms with van der Waals surface area (Å²) in [4.78, 5) is 8.20. The van der Waals surface area contributed by atoms with E-state index in [2.05, 4.69) is 16.5 Å². The topological polar surface area (TPSA) is 49.6 Å². The Morgan fingerprint density at radius 1 is 1.32 bits per heavy atom. The van der Waals surface area contributed by atoms with Crippen molar-refractivity contribution in [1.82, 2.24) is 9.97 Å². The van der Waals surface area contributed by atoms with Crippen LogP contribution in [0, 0.1) is 31.0 Å². The van der Waals surface area contributed by atoms with E-state index in [1.54, 1.807) is 19.1 Å². The molecule has 3 nitrogen and oxygen atoms in total. The molecule has 4 heteroatoms. The minimum atomic E-state index is -0.469. The lowest BCUT2D eigenvalue weighted by atomic mass is 9.99. The van der Waals surface area contributed by atoms with Gasteiger partial charge in [-0.1, -0.05) is 12.7 Å². The van der Waals surface area contributed by atoms with Crippen molar-refractivity contribution in [3.05, 3.63) is 53.2 Å². The standard InChI is InChI=1S/C15H12FN3/c1-4-12-10(3)18-8-19-15(12)13-5-9(2)11(7-17)6-14(13)16/h4-6,8H,1H2,2-3H3. The summed E-state index contributed by atoms with van der Waals surface area (Å²) in [5.74, 6) is -0.469. The highest BCUT2D eigenvalue weighted by atomic mass is 19.1. The molecule has 1 aromatic heterocycles. The number of nitriles is 1. The van der Waals surface area contributed by atoms with E-state index >= 15 is 0 Å². The van der Waals surface area contributed by atoms with Crippen molar-refractivity contribution < 1.29 is 4.39 Å². The highest BCUT2D eigenvalue weighted by molar-refractivity contribution is 5.73. The molecule has 0 aliphatic carbocycles. The Morgan fingerprint density at radius 3 is 2.68 bits per heavy atom. The molecule has 0 amide bonds. The smallest absolute Gasteiger partial charge is 0.133 e. The van der Waals surface area contributed by atoms with Crippen molar-refractivity contribution in [2.45, 2.75) is 13.8 Å². The quantitative estimate of drug-likeness (QED) is 0.824. The van der Waals surface area contributed by atoms with Crippen LogP contribution in [0.2, 0.25) is 0 Å². The molecule has 0 fully saturated rings. The summed E-state index contributed by atoms with van der Waals surface area (Å²) in [7, 11) is 0. The first kappa shape index (κ1) is 12.9. The Bertz CT molecular complexity index is 699. The van der Waals surface area contributed by atoms with Gasteiger partial charge in [0.25, 0.3) is 0 Å². The summed E-state index contributed by atoms with van der Waals surface area (Å²) in [6.07, 6.45) is 3.00. The Hall–Kier alpha value is -2.54. The molecule has 94 valence electrons. The fraction of sp³-hybridized carbons (Fsp3) is 0.133. The van der Waals surface area contributed by atoms with Crippen LogP contribution in [0.4, 0.5) is 4.39 Å². The molecule has 0 aliphatic heterocycles. The van der Waals surface area contributed by atoms with Crippen LogP contribution in [0.1, 0.15) is 22.4 Å². The molecule has 0 bridgehead atoms. The second kappa shape index (κ2) is 4.99. The lowest BCUT2D eigenvalue weighted by Gasteiger charge is -2.10. The first-order chi connectivity index (χ1) is 9.08. The molecule has 0 saturated heterocycles. The Kier molecular flexibility index (Phi) is 3.39. The molecule has 0 aliphatic rings. The predicted octanol–water partition coefficient (Wildman–Crippen LogP) is 3.41. The maximum atomic E-state index is 14.1. The molecule has 0 unspecified atom stereocenters. The zero-order valence-electron chi connectivity index (χ0n) is 10.7. The molecule has 0 atom stereocenters. The minimum Gasteiger partial charge on any atom is -0.241 e. The van der Waals surface area contributed by atoms with E-state index in [4.69, 9.17) is 5.26 Å². The van der Waals surface area contributed by atoms with E-state index in [1.165, 1.54) is 12.4 Å². The Labute approximate surface area is 111 Å². The van der Waals surface area contributed by atoms with Crippen molar-refractivity contribution >= 4 is 6.08 Å². The molecule has 19 heavy (non-hydrogen) atoms. The highest BCUT2D eigenvalue weighted by Gasteiger charge is 2.14. The summed E-state index contributed by atoms with van der Waals surface area (Å²) in [5, 5.41) is 8.89. The normalized spacial score (nSPS) is 10.0. The molecule has 2 rings (SSSR count). The number of nitrogens with zero attached hydrogens (tertiary/aromatic N) is 3. The third-order valence-corrected chi connectivity index (χ3v) is 2.98. The van der Waals surface area contributed by atoms with Gasteiger partial charge in [0.1, 0.15) is 12.1 Å². The number of hydrogen-bond acceptors (Lipinski definition) is 3. The van der Waals surface area contributed by atoms with Crippen LogP contribution in [0.3, 0.4) is 0 Å². The van der Waals surface area contributed by atoms with Crippen LogP contribution >= 0.6 is 0 Å². The van der Waals surface area contributed by atoms with Crippen LogP contribution in [-0.2, 0) is 0 Å². The Balaban J connectivity index is 2.74. The van der Waals surface area contributed by atoms with Gasteiger partial charge in [-0.15, -0.1) is 0 Å². The van der Waals surface area contributed by atoms with Crippen LogP contribution < -0.4 is 0 Å². The third-order valence-electron chi connectivity index (χ3n) is 2.98. The summed E-state index contributed by atoms with van der Waals surface area (Å²) < 4.78 is 14.1. The lowest BCUT2D eigenvalue weighted by molar-refractivity contribution is 0.629. The molecule has 0 N–H and O–H groups in total. The fourth-order valence-corrected chi connectivity index (χ4v) is 1.93. The molecule has 0 spiro atoms. The summed E-state index contributed by atoms with van der Waals surface area (Å²) in [5.41, 5.74) is 3.33. The number of aryl methyl sites for hydroxylation is 2. The lowest BCUT2D eigenvalue weighted by Crippen LogP contribution is -1.98. The van der Waals surface area contributed by atoms with Gasteiger partial charge in [0.2, 0.25) is 0 Å². The fourth-order valence-electron chi connectivity index (χ4n) is 1.93. The largest absolute Gasteiger partial charge is 0.241 e. The molecular weight excluding hydrogens is 241 g/mol.